The van der Waals surface area contributed by atoms with E-state index in [-0.39, 0.29) is 30.7 Å². The largest absolute Gasteiger partial charge is 0.475 e. The Morgan fingerprint density at radius 2 is 1.77 bits per heavy atom. The van der Waals surface area contributed by atoms with Crippen LogP contribution in [0.15, 0.2) is 60.4 Å². The molecule has 0 spiro atoms. The highest BCUT2D eigenvalue weighted by Gasteiger charge is 2.28. The van der Waals surface area contributed by atoms with Crippen molar-refractivity contribution in [3.8, 4) is 0 Å². The summed E-state index contributed by atoms with van der Waals surface area (Å²) in [6.45, 7) is 0.221. The van der Waals surface area contributed by atoms with Crippen molar-refractivity contribution in [2.45, 2.75) is 31.8 Å². The smallest absolute Gasteiger partial charge is 0.370 e. The van der Waals surface area contributed by atoms with Crippen LogP contribution in [-0.2, 0) is 27.5 Å². The van der Waals surface area contributed by atoms with Gasteiger partial charge in [0, 0.05) is 12.3 Å². The number of aliphatic carboxylic acids is 1. The van der Waals surface area contributed by atoms with E-state index in [2.05, 4.69) is 0 Å². The molecule has 0 amide bonds. The van der Waals surface area contributed by atoms with E-state index in [0.717, 1.165) is 16.7 Å². The zero-order chi connectivity index (χ0) is 18.5. The first-order valence-corrected chi connectivity index (χ1v) is 8.22. The average molecular weight is 358 g/mol. The third-order valence-corrected chi connectivity index (χ3v) is 4.21. The lowest BCUT2D eigenvalue weighted by Gasteiger charge is -2.28. The second-order valence-electron chi connectivity index (χ2n) is 6.06. The number of benzene rings is 2. The minimum Gasteiger partial charge on any atom is -0.475 e. The molecule has 2 N–H and O–H groups in total. The fraction of sp³-hybridized carbons (Fsp3) is 0.250. The predicted molar refractivity (Wildman–Crippen MR) is 91.5 cm³/mol. The van der Waals surface area contributed by atoms with Gasteiger partial charge in [-0.15, -0.1) is 0 Å². The minimum absolute atomic E-state index is 0.0288. The van der Waals surface area contributed by atoms with Gasteiger partial charge in [0.05, 0.1) is 13.2 Å². The number of hydrogen-bond acceptors (Lipinski definition) is 4. The van der Waals surface area contributed by atoms with Crippen LogP contribution in [0.4, 0.5) is 4.39 Å². The highest BCUT2D eigenvalue weighted by Crippen LogP contribution is 2.32. The molecule has 3 rings (SSSR count). The standard InChI is InChI=1S/C20H19FO5/c21-17-7-5-15(6-8-17)16-9-18(20(23)24)26-19(10-16)25-12-14-3-1-13(11-22)2-4-14/h1-9,16,19,22H,10-12H2,(H,23,24)/t16-,19+/m1/s1. The van der Waals surface area contributed by atoms with Crippen molar-refractivity contribution >= 4 is 5.97 Å². The summed E-state index contributed by atoms with van der Waals surface area (Å²) >= 11 is 0. The van der Waals surface area contributed by atoms with Crippen LogP contribution in [0.3, 0.4) is 0 Å². The highest BCUT2D eigenvalue weighted by atomic mass is 19.1. The van der Waals surface area contributed by atoms with Crippen molar-refractivity contribution in [2.24, 2.45) is 0 Å². The van der Waals surface area contributed by atoms with Crippen molar-refractivity contribution in [3.05, 3.63) is 82.9 Å². The first kappa shape index (κ1) is 18.1. The van der Waals surface area contributed by atoms with E-state index in [0.29, 0.717) is 6.42 Å². The molecular formula is C20H19FO5. The average Bonchev–Trinajstić information content (AvgIpc) is 2.67. The van der Waals surface area contributed by atoms with Gasteiger partial charge in [0.1, 0.15) is 5.82 Å². The lowest BCUT2D eigenvalue weighted by molar-refractivity contribution is -0.159. The molecule has 0 saturated heterocycles. The summed E-state index contributed by atoms with van der Waals surface area (Å²) in [6.07, 6.45) is 1.22. The quantitative estimate of drug-likeness (QED) is 0.828. The van der Waals surface area contributed by atoms with Gasteiger partial charge in [0.2, 0.25) is 12.0 Å². The van der Waals surface area contributed by atoms with E-state index in [4.69, 9.17) is 14.6 Å². The Bertz CT molecular complexity index is 783. The maximum Gasteiger partial charge on any atom is 0.370 e. The molecule has 136 valence electrons. The SMILES string of the molecule is O=C(O)C1=C[C@@H](c2ccc(F)cc2)C[C@@H](OCc2ccc(CO)cc2)O1. The van der Waals surface area contributed by atoms with E-state index in [1.807, 2.05) is 12.1 Å². The number of carboxylic acid groups (broad SMARTS) is 1. The minimum atomic E-state index is -1.17. The summed E-state index contributed by atoms with van der Waals surface area (Å²) in [5, 5.41) is 18.3. The maximum atomic E-state index is 13.1. The molecule has 0 fully saturated rings. The van der Waals surface area contributed by atoms with E-state index < -0.39 is 12.3 Å². The molecule has 6 heteroatoms. The number of aliphatic hydroxyl groups excluding tert-OH is 1. The summed E-state index contributed by atoms with van der Waals surface area (Å²) in [5.41, 5.74) is 2.49. The fourth-order valence-electron chi connectivity index (χ4n) is 2.78. The molecule has 26 heavy (non-hydrogen) atoms. The molecule has 2 atom stereocenters. The molecule has 0 aliphatic carbocycles. The van der Waals surface area contributed by atoms with Crippen molar-refractivity contribution in [3.63, 3.8) is 0 Å². The van der Waals surface area contributed by atoms with Crippen LogP contribution in [0, 0.1) is 5.82 Å². The lowest BCUT2D eigenvalue weighted by Crippen LogP contribution is -2.26. The van der Waals surface area contributed by atoms with E-state index in [1.54, 1.807) is 24.3 Å². The van der Waals surface area contributed by atoms with E-state index >= 15 is 0 Å². The second-order valence-corrected chi connectivity index (χ2v) is 6.06. The number of aliphatic hydroxyl groups is 1. The van der Waals surface area contributed by atoms with Gasteiger partial charge in [-0.1, -0.05) is 36.4 Å². The van der Waals surface area contributed by atoms with Crippen LogP contribution in [0.25, 0.3) is 0 Å². The Kier molecular flexibility index (Phi) is 5.65. The van der Waals surface area contributed by atoms with Crippen LogP contribution in [0.5, 0.6) is 0 Å². The van der Waals surface area contributed by atoms with Gasteiger partial charge < -0.3 is 19.7 Å². The number of carboxylic acids is 1. The summed E-state index contributed by atoms with van der Waals surface area (Å²) in [7, 11) is 0. The molecule has 1 heterocycles. The summed E-state index contributed by atoms with van der Waals surface area (Å²) in [5.74, 6) is -1.93. The lowest BCUT2D eigenvalue weighted by atomic mass is 9.93. The van der Waals surface area contributed by atoms with Gasteiger partial charge in [0.15, 0.2) is 0 Å². The van der Waals surface area contributed by atoms with Crippen LogP contribution in [-0.4, -0.2) is 22.5 Å². The van der Waals surface area contributed by atoms with Crippen molar-refractivity contribution in [1.29, 1.82) is 0 Å². The zero-order valence-electron chi connectivity index (χ0n) is 14.0. The third kappa shape index (κ3) is 4.47. The molecule has 0 bridgehead atoms. The monoisotopic (exact) mass is 358 g/mol. The number of halogens is 1. The van der Waals surface area contributed by atoms with Crippen molar-refractivity contribution in [1.82, 2.24) is 0 Å². The Morgan fingerprint density at radius 3 is 2.38 bits per heavy atom. The fourth-order valence-corrected chi connectivity index (χ4v) is 2.78. The summed E-state index contributed by atoms with van der Waals surface area (Å²) in [4.78, 5) is 11.3. The number of carbonyl (C=O) groups is 1. The molecule has 0 unspecified atom stereocenters. The number of hydrogen-bond donors (Lipinski definition) is 2. The van der Waals surface area contributed by atoms with Gasteiger partial charge in [-0.3, -0.25) is 0 Å². The van der Waals surface area contributed by atoms with E-state index in [1.165, 1.54) is 18.2 Å². The molecule has 1 aliphatic heterocycles. The molecule has 5 nitrogen and oxygen atoms in total. The van der Waals surface area contributed by atoms with Crippen LogP contribution in [0.1, 0.15) is 29.0 Å². The molecule has 0 radical (unpaired) electrons. The third-order valence-electron chi connectivity index (χ3n) is 4.21. The van der Waals surface area contributed by atoms with Crippen molar-refractivity contribution in [2.75, 3.05) is 0 Å². The van der Waals surface area contributed by atoms with Crippen LogP contribution >= 0.6 is 0 Å². The Balaban J connectivity index is 1.70. The Hall–Kier alpha value is -2.70. The van der Waals surface area contributed by atoms with Gasteiger partial charge in [0.25, 0.3) is 0 Å². The van der Waals surface area contributed by atoms with Crippen LogP contribution in [0.2, 0.25) is 0 Å². The highest BCUT2D eigenvalue weighted by molar-refractivity contribution is 5.84. The van der Waals surface area contributed by atoms with Gasteiger partial charge >= 0.3 is 5.97 Å². The second kappa shape index (κ2) is 8.12. The molecule has 0 aromatic heterocycles. The molecule has 2 aromatic rings. The number of ether oxygens (including phenoxy) is 2. The topological polar surface area (TPSA) is 76.0 Å². The predicted octanol–water partition coefficient (Wildman–Crippen LogP) is 3.33. The van der Waals surface area contributed by atoms with Gasteiger partial charge in [-0.05, 0) is 34.9 Å². The summed E-state index contributed by atoms with van der Waals surface area (Å²) in [6, 6.07) is 13.2. The summed E-state index contributed by atoms with van der Waals surface area (Å²) < 4.78 is 24.3. The first-order valence-electron chi connectivity index (χ1n) is 8.22. The van der Waals surface area contributed by atoms with Gasteiger partial charge in [-0.25, -0.2) is 9.18 Å². The molecular weight excluding hydrogens is 339 g/mol. The zero-order valence-corrected chi connectivity index (χ0v) is 14.0. The molecule has 0 saturated carbocycles. The first-order chi connectivity index (χ1) is 12.5. The molecule has 2 aromatic carbocycles. The normalized spacial score (nSPS) is 19.5. The van der Waals surface area contributed by atoms with E-state index in [9.17, 15) is 14.3 Å². The Labute approximate surface area is 150 Å². The Morgan fingerprint density at radius 1 is 1.12 bits per heavy atom. The number of allylic oxidation sites excluding steroid dienone is 1. The van der Waals surface area contributed by atoms with Crippen LogP contribution < -0.4 is 0 Å². The van der Waals surface area contributed by atoms with Gasteiger partial charge in [-0.2, -0.15) is 0 Å². The number of rotatable bonds is 6. The maximum absolute atomic E-state index is 13.1. The molecule has 1 aliphatic rings. The van der Waals surface area contributed by atoms with Crippen molar-refractivity contribution < 1.29 is 28.9 Å².